The van der Waals surface area contributed by atoms with Crippen LogP contribution in [0.4, 0.5) is 0 Å². The van der Waals surface area contributed by atoms with Crippen molar-refractivity contribution in [3.05, 3.63) is 0 Å². The zero-order valence-corrected chi connectivity index (χ0v) is 7.89. The van der Waals surface area contributed by atoms with Crippen molar-refractivity contribution in [2.45, 2.75) is 51.4 Å². The standard InChI is InChI=1S/C11H20O/c12-8-5-10-9-11(10)6-3-1-2-4-7-11/h10,12H,1-9H2. The van der Waals surface area contributed by atoms with Gasteiger partial charge in [-0.15, -0.1) is 0 Å². The summed E-state index contributed by atoms with van der Waals surface area (Å²) in [4.78, 5) is 0. The fourth-order valence-corrected chi connectivity index (χ4v) is 3.04. The highest BCUT2D eigenvalue weighted by Crippen LogP contribution is 2.61. The van der Waals surface area contributed by atoms with Gasteiger partial charge in [-0.2, -0.15) is 0 Å². The Kier molecular flexibility index (Phi) is 2.40. The highest BCUT2D eigenvalue weighted by molar-refractivity contribution is 5.02. The van der Waals surface area contributed by atoms with Crippen molar-refractivity contribution in [3.63, 3.8) is 0 Å². The van der Waals surface area contributed by atoms with Crippen LogP contribution in [0.15, 0.2) is 0 Å². The summed E-state index contributed by atoms with van der Waals surface area (Å²) in [6, 6.07) is 0. The molecular formula is C11H20O. The lowest BCUT2D eigenvalue weighted by molar-refractivity contribution is 0.261. The molecule has 1 N–H and O–H groups in total. The van der Waals surface area contributed by atoms with E-state index in [0.29, 0.717) is 6.61 Å². The van der Waals surface area contributed by atoms with Crippen LogP contribution in [-0.4, -0.2) is 11.7 Å². The molecule has 0 aromatic carbocycles. The minimum absolute atomic E-state index is 0.409. The molecule has 70 valence electrons. The smallest absolute Gasteiger partial charge is 0.0433 e. The van der Waals surface area contributed by atoms with Gasteiger partial charge in [-0.1, -0.05) is 25.7 Å². The average molecular weight is 168 g/mol. The molecule has 2 rings (SSSR count). The molecule has 1 heteroatoms. The molecule has 2 aliphatic rings. The molecular weight excluding hydrogens is 148 g/mol. The summed E-state index contributed by atoms with van der Waals surface area (Å²) in [5, 5.41) is 8.86. The molecule has 0 aromatic heterocycles. The second-order valence-corrected chi connectivity index (χ2v) is 4.69. The van der Waals surface area contributed by atoms with Gasteiger partial charge in [0.05, 0.1) is 0 Å². The van der Waals surface area contributed by atoms with E-state index in [4.69, 9.17) is 5.11 Å². The number of aliphatic hydroxyl groups excluding tert-OH is 1. The molecule has 2 saturated carbocycles. The third-order valence-electron chi connectivity index (χ3n) is 3.94. The highest BCUT2D eigenvalue weighted by Gasteiger charge is 2.51. The maximum Gasteiger partial charge on any atom is 0.0433 e. The summed E-state index contributed by atoms with van der Waals surface area (Å²) in [7, 11) is 0. The summed E-state index contributed by atoms with van der Waals surface area (Å²) in [6.45, 7) is 0.409. The number of aliphatic hydroxyl groups is 1. The lowest BCUT2D eigenvalue weighted by Crippen LogP contribution is -2.03. The molecule has 0 bridgehead atoms. The van der Waals surface area contributed by atoms with Crippen molar-refractivity contribution in [2.24, 2.45) is 11.3 Å². The van der Waals surface area contributed by atoms with Gasteiger partial charge < -0.3 is 5.11 Å². The summed E-state index contributed by atoms with van der Waals surface area (Å²) in [5.74, 6) is 0.889. The third kappa shape index (κ3) is 1.52. The summed E-state index contributed by atoms with van der Waals surface area (Å²) >= 11 is 0. The molecule has 0 amide bonds. The van der Waals surface area contributed by atoms with Crippen molar-refractivity contribution in [1.29, 1.82) is 0 Å². The Labute approximate surface area is 75.2 Å². The lowest BCUT2D eigenvalue weighted by atomic mass is 9.93. The molecule has 1 unspecified atom stereocenters. The van der Waals surface area contributed by atoms with Crippen LogP contribution < -0.4 is 0 Å². The molecule has 0 radical (unpaired) electrons. The summed E-state index contributed by atoms with van der Waals surface area (Å²) < 4.78 is 0. The SMILES string of the molecule is OCCC1CC12CCCCCC2. The first-order valence-electron chi connectivity index (χ1n) is 5.48. The van der Waals surface area contributed by atoms with Gasteiger partial charge in [0.1, 0.15) is 0 Å². The van der Waals surface area contributed by atoms with Crippen molar-refractivity contribution in [1.82, 2.24) is 0 Å². The van der Waals surface area contributed by atoms with E-state index < -0.39 is 0 Å². The monoisotopic (exact) mass is 168 g/mol. The van der Waals surface area contributed by atoms with Crippen LogP contribution in [-0.2, 0) is 0 Å². The Bertz CT molecular complexity index is 145. The fourth-order valence-electron chi connectivity index (χ4n) is 3.04. The normalized spacial score (nSPS) is 33.2. The van der Waals surface area contributed by atoms with Crippen LogP contribution in [0.1, 0.15) is 51.4 Å². The molecule has 1 spiro atoms. The van der Waals surface area contributed by atoms with Gasteiger partial charge in [0, 0.05) is 6.61 Å². The Morgan fingerprint density at radius 1 is 1.08 bits per heavy atom. The first kappa shape index (κ1) is 8.55. The van der Waals surface area contributed by atoms with Crippen LogP contribution >= 0.6 is 0 Å². The molecule has 1 atom stereocenters. The van der Waals surface area contributed by atoms with Crippen LogP contribution in [0.3, 0.4) is 0 Å². The summed E-state index contributed by atoms with van der Waals surface area (Å²) in [6.07, 6.45) is 11.2. The van der Waals surface area contributed by atoms with E-state index in [9.17, 15) is 0 Å². The quantitative estimate of drug-likeness (QED) is 0.672. The zero-order chi connectivity index (χ0) is 8.44. The van der Waals surface area contributed by atoms with Crippen LogP contribution in [0, 0.1) is 11.3 Å². The van der Waals surface area contributed by atoms with Crippen LogP contribution in [0.2, 0.25) is 0 Å². The highest BCUT2D eigenvalue weighted by atomic mass is 16.3. The van der Waals surface area contributed by atoms with Crippen molar-refractivity contribution in [3.8, 4) is 0 Å². The molecule has 2 aliphatic carbocycles. The lowest BCUT2D eigenvalue weighted by Gasteiger charge is -2.12. The Hall–Kier alpha value is -0.0400. The Morgan fingerprint density at radius 2 is 1.75 bits per heavy atom. The van der Waals surface area contributed by atoms with Crippen molar-refractivity contribution < 1.29 is 5.11 Å². The molecule has 0 aromatic rings. The largest absolute Gasteiger partial charge is 0.396 e. The number of hydrogen-bond acceptors (Lipinski definition) is 1. The second kappa shape index (κ2) is 3.37. The van der Waals surface area contributed by atoms with Gasteiger partial charge in [-0.3, -0.25) is 0 Å². The molecule has 1 nitrogen and oxygen atoms in total. The van der Waals surface area contributed by atoms with Gasteiger partial charge in [0.25, 0.3) is 0 Å². The van der Waals surface area contributed by atoms with E-state index in [-0.39, 0.29) is 0 Å². The average Bonchev–Trinajstić information content (AvgIpc) is 2.79. The van der Waals surface area contributed by atoms with Crippen LogP contribution in [0.25, 0.3) is 0 Å². The maximum absolute atomic E-state index is 8.86. The van der Waals surface area contributed by atoms with Crippen molar-refractivity contribution >= 4 is 0 Å². The molecule has 0 aliphatic heterocycles. The predicted octanol–water partition coefficient (Wildman–Crippen LogP) is 2.73. The van der Waals surface area contributed by atoms with Gasteiger partial charge in [-0.25, -0.2) is 0 Å². The minimum Gasteiger partial charge on any atom is -0.396 e. The van der Waals surface area contributed by atoms with E-state index in [0.717, 1.165) is 17.8 Å². The maximum atomic E-state index is 8.86. The zero-order valence-electron chi connectivity index (χ0n) is 7.89. The van der Waals surface area contributed by atoms with E-state index in [1.54, 1.807) is 0 Å². The molecule has 0 heterocycles. The Morgan fingerprint density at radius 3 is 2.33 bits per heavy atom. The summed E-state index contributed by atoms with van der Waals surface area (Å²) in [5.41, 5.74) is 0.721. The number of rotatable bonds is 2. The van der Waals surface area contributed by atoms with E-state index in [2.05, 4.69) is 0 Å². The molecule has 12 heavy (non-hydrogen) atoms. The Balaban J connectivity index is 1.86. The van der Waals surface area contributed by atoms with Gasteiger partial charge in [-0.05, 0) is 37.0 Å². The van der Waals surface area contributed by atoms with E-state index in [1.165, 1.54) is 44.9 Å². The van der Waals surface area contributed by atoms with Gasteiger partial charge >= 0.3 is 0 Å². The third-order valence-corrected chi connectivity index (χ3v) is 3.94. The first-order chi connectivity index (χ1) is 5.87. The fraction of sp³-hybridized carbons (Fsp3) is 1.00. The molecule has 2 fully saturated rings. The first-order valence-corrected chi connectivity index (χ1v) is 5.48. The van der Waals surface area contributed by atoms with E-state index >= 15 is 0 Å². The van der Waals surface area contributed by atoms with Crippen LogP contribution in [0.5, 0.6) is 0 Å². The van der Waals surface area contributed by atoms with E-state index in [1.807, 2.05) is 0 Å². The number of hydrogen-bond donors (Lipinski definition) is 1. The minimum atomic E-state index is 0.409. The second-order valence-electron chi connectivity index (χ2n) is 4.69. The van der Waals surface area contributed by atoms with Gasteiger partial charge in [0.15, 0.2) is 0 Å². The topological polar surface area (TPSA) is 20.2 Å². The van der Waals surface area contributed by atoms with Crippen molar-refractivity contribution in [2.75, 3.05) is 6.61 Å². The predicted molar refractivity (Wildman–Crippen MR) is 49.9 cm³/mol. The van der Waals surface area contributed by atoms with Gasteiger partial charge in [0.2, 0.25) is 0 Å². The molecule has 0 saturated heterocycles.